The lowest BCUT2D eigenvalue weighted by Gasteiger charge is -2.15. The average Bonchev–Trinajstić information content (AvgIpc) is 2.69. The van der Waals surface area contributed by atoms with Crippen LogP contribution in [0.3, 0.4) is 0 Å². The van der Waals surface area contributed by atoms with Crippen molar-refractivity contribution in [2.24, 2.45) is 5.73 Å². The van der Waals surface area contributed by atoms with Gasteiger partial charge in [0, 0.05) is 19.0 Å². The summed E-state index contributed by atoms with van der Waals surface area (Å²) in [6.45, 7) is 4.70. The van der Waals surface area contributed by atoms with Gasteiger partial charge in [0.15, 0.2) is 0 Å². The highest BCUT2D eigenvalue weighted by Crippen LogP contribution is 2.29. The zero-order valence-electron chi connectivity index (χ0n) is 11.3. The van der Waals surface area contributed by atoms with E-state index in [1.165, 1.54) is 6.07 Å². The van der Waals surface area contributed by atoms with Gasteiger partial charge >= 0.3 is 0 Å². The van der Waals surface area contributed by atoms with Crippen LogP contribution in [0.1, 0.15) is 29.9 Å². The van der Waals surface area contributed by atoms with Crippen molar-refractivity contribution in [2.45, 2.75) is 32.9 Å². The average molecular weight is 361 g/mol. The molecular formula is C14H16BrClFN3. The monoisotopic (exact) mass is 359 g/mol. The molecule has 0 radical (unpaired) electrons. The predicted molar refractivity (Wildman–Crippen MR) is 82.4 cm³/mol. The number of aryl methyl sites for hydroxylation is 2. The van der Waals surface area contributed by atoms with Crippen LogP contribution in [0.15, 0.2) is 22.7 Å². The van der Waals surface area contributed by atoms with E-state index in [9.17, 15) is 4.39 Å². The van der Waals surface area contributed by atoms with Crippen LogP contribution in [0.2, 0.25) is 5.02 Å². The topological polar surface area (TPSA) is 43.8 Å². The van der Waals surface area contributed by atoms with E-state index in [0.29, 0.717) is 12.0 Å². The fourth-order valence-electron chi connectivity index (χ4n) is 2.19. The highest BCUT2D eigenvalue weighted by molar-refractivity contribution is 9.10. The minimum absolute atomic E-state index is 0.0930. The Morgan fingerprint density at radius 3 is 2.85 bits per heavy atom. The molecule has 0 saturated heterocycles. The highest BCUT2D eigenvalue weighted by Gasteiger charge is 2.19. The van der Waals surface area contributed by atoms with Gasteiger partial charge in [0.05, 0.1) is 20.9 Å². The number of hydrogen-bond donors (Lipinski definition) is 1. The van der Waals surface area contributed by atoms with Crippen LogP contribution >= 0.6 is 27.5 Å². The second-order valence-corrected chi connectivity index (χ2v) is 5.79. The number of rotatable bonds is 4. The smallest absolute Gasteiger partial charge is 0.142 e. The lowest BCUT2D eigenvalue weighted by molar-refractivity contribution is 0.581. The summed E-state index contributed by atoms with van der Waals surface area (Å²) in [5.41, 5.74) is 8.71. The van der Waals surface area contributed by atoms with Crippen LogP contribution in [0.5, 0.6) is 0 Å². The number of halogens is 3. The first-order valence-electron chi connectivity index (χ1n) is 6.37. The van der Waals surface area contributed by atoms with E-state index in [-0.39, 0.29) is 11.1 Å². The number of nitrogens with zero attached hydrogens (tertiary/aromatic N) is 2. The van der Waals surface area contributed by atoms with E-state index in [1.54, 1.807) is 12.1 Å². The summed E-state index contributed by atoms with van der Waals surface area (Å²) in [5, 5.41) is 4.52. The van der Waals surface area contributed by atoms with Crippen molar-refractivity contribution in [2.75, 3.05) is 0 Å². The zero-order chi connectivity index (χ0) is 14.9. The first kappa shape index (κ1) is 15.5. The summed E-state index contributed by atoms with van der Waals surface area (Å²) in [6, 6.07) is 4.32. The molecule has 2 N–H and O–H groups in total. The third kappa shape index (κ3) is 2.90. The van der Waals surface area contributed by atoms with Crippen molar-refractivity contribution >= 4 is 27.5 Å². The summed E-state index contributed by atoms with van der Waals surface area (Å²) in [5.74, 6) is -0.445. The summed E-state index contributed by atoms with van der Waals surface area (Å²) in [6.07, 6.45) is 0.540. The molecule has 2 rings (SSSR count). The first-order chi connectivity index (χ1) is 9.45. The molecule has 0 amide bonds. The maximum absolute atomic E-state index is 13.5. The second kappa shape index (κ2) is 6.24. The van der Waals surface area contributed by atoms with Gasteiger partial charge in [-0.1, -0.05) is 23.7 Å². The molecule has 0 aliphatic rings. The number of aromatic nitrogens is 2. The molecule has 1 heterocycles. The molecule has 1 unspecified atom stereocenters. The Kier molecular flexibility index (Phi) is 4.83. The molecule has 1 aromatic carbocycles. The molecule has 0 fully saturated rings. The minimum Gasteiger partial charge on any atom is -0.324 e. The maximum Gasteiger partial charge on any atom is 0.142 e. The Morgan fingerprint density at radius 2 is 2.20 bits per heavy atom. The normalized spacial score (nSPS) is 12.7. The molecule has 20 heavy (non-hydrogen) atoms. The van der Waals surface area contributed by atoms with Crippen molar-refractivity contribution in [1.29, 1.82) is 0 Å². The minimum atomic E-state index is -0.445. The third-order valence-corrected chi connectivity index (χ3v) is 4.68. The largest absolute Gasteiger partial charge is 0.324 e. The van der Waals surface area contributed by atoms with Crippen LogP contribution in [0.25, 0.3) is 0 Å². The Bertz CT molecular complexity index is 627. The summed E-state index contributed by atoms with van der Waals surface area (Å²) in [7, 11) is 0. The SMILES string of the molecule is CCn1nc(C)c(Br)c1CC(N)c1cccc(F)c1Cl. The Labute approximate surface area is 131 Å². The lowest BCUT2D eigenvalue weighted by Crippen LogP contribution is -2.17. The third-order valence-electron chi connectivity index (χ3n) is 3.25. The standard InChI is InChI=1S/C14H16BrClFN3/c1-3-20-12(13(15)8(2)19-20)7-11(18)9-5-4-6-10(17)14(9)16/h4-6,11H,3,7,18H2,1-2H3. The van der Waals surface area contributed by atoms with Gasteiger partial charge in [-0.25, -0.2) is 4.39 Å². The molecule has 3 nitrogen and oxygen atoms in total. The van der Waals surface area contributed by atoms with Gasteiger partial charge in [0.1, 0.15) is 5.82 Å². The molecule has 0 bridgehead atoms. The van der Waals surface area contributed by atoms with Gasteiger partial charge in [0.2, 0.25) is 0 Å². The fraction of sp³-hybridized carbons (Fsp3) is 0.357. The molecule has 108 valence electrons. The molecule has 0 aliphatic heterocycles. The fourth-order valence-corrected chi connectivity index (χ4v) is 2.90. The molecule has 2 aromatic rings. The van der Waals surface area contributed by atoms with Crippen LogP contribution in [-0.2, 0) is 13.0 Å². The van der Waals surface area contributed by atoms with Crippen LogP contribution in [0, 0.1) is 12.7 Å². The summed E-state index contributed by atoms with van der Waals surface area (Å²) < 4.78 is 16.3. The lowest BCUT2D eigenvalue weighted by atomic mass is 10.0. The van der Waals surface area contributed by atoms with Gasteiger partial charge in [-0.2, -0.15) is 5.10 Å². The Hall–Kier alpha value is -0.910. The van der Waals surface area contributed by atoms with E-state index in [2.05, 4.69) is 21.0 Å². The second-order valence-electron chi connectivity index (χ2n) is 4.62. The predicted octanol–water partition coefficient (Wildman–Crippen LogP) is 4.01. The highest BCUT2D eigenvalue weighted by atomic mass is 79.9. The molecule has 1 aromatic heterocycles. The van der Waals surface area contributed by atoms with Crippen molar-refractivity contribution in [3.8, 4) is 0 Å². The number of nitrogens with two attached hydrogens (primary N) is 1. The number of hydrogen-bond acceptors (Lipinski definition) is 2. The van der Waals surface area contributed by atoms with Gasteiger partial charge in [-0.05, 0) is 41.4 Å². The zero-order valence-corrected chi connectivity index (χ0v) is 13.7. The van der Waals surface area contributed by atoms with E-state index in [0.717, 1.165) is 22.4 Å². The van der Waals surface area contributed by atoms with Gasteiger partial charge < -0.3 is 5.73 Å². The van der Waals surface area contributed by atoms with E-state index >= 15 is 0 Å². The molecule has 1 atom stereocenters. The van der Waals surface area contributed by atoms with Crippen LogP contribution in [0.4, 0.5) is 4.39 Å². The first-order valence-corrected chi connectivity index (χ1v) is 7.54. The summed E-state index contributed by atoms with van der Waals surface area (Å²) in [4.78, 5) is 0. The van der Waals surface area contributed by atoms with Crippen molar-refractivity contribution in [1.82, 2.24) is 9.78 Å². The van der Waals surface area contributed by atoms with E-state index < -0.39 is 5.82 Å². The molecule has 0 aliphatic carbocycles. The summed E-state index contributed by atoms with van der Waals surface area (Å²) >= 11 is 9.51. The van der Waals surface area contributed by atoms with E-state index in [4.69, 9.17) is 17.3 Å². The Morgan fingerprint density at radius 1 is 1.50 bits per heavy atom. The van der Waals surface area contributed by atoms with Gasteiger partial charge in [-0.15, -0.1) is 0 Å². The quantitative estimate of drug-likeness (QED) is 0.895. The Balaban J connectivity index is 2.32. The molecule has 6 heteroatoms. The van der Waals surface area contributed by atoms with Gasteiger partial charge in [0.25, 0.3) is 0 Å². The van der Waals surface area contributed by atoms with Crippen LogP contribution in [-0.4, -0.2) is 9.78 Å². The van der Waals surface area contributed by atoms with E-state index in [1.807, 2.05) is 18.5 Å². The van der Waals surface area contributed by atoms with Crippen molar-refractivity contribution in [3.63, 3.8) is 0 Å². The number of benzene rings is 1. The van der Waals surface area contributed by atoms with Gasteiger partial charge in [-0.3, -0.25) is 4.68 Å². The molecular weight excluding hydrogens is 345 g/mol. The molecule has 0 saturated carbocycles. The van der Waals surface area contributed by atoms with Crippen molar-refractivity contribution in [3.05, 3.63) is 50.5 Å². The maximum atomic E-state index is 13.5. The molecule has 0 spiro atoms. The van der Waals surface area contributed by atoms with Crippen molar-refractivity contribution < 1.29 is 4.39 Å². The van der Waals surface area contributed by atoms with Crippen LogP contribution < -0.4 is 5.73 Å².